The molecule has 0 aliphatic rings. The first-order valence-electron chi connectivity index (χ1n) is 5.12. The van der Waals surface area contributed by atoms with E-state index in [9.17, 15) is 4.79 Å². The molecule has 3 nitrogen and oxygen atoms in total. The van der Waals surface area contributed by atoms with Crippen LogP contribution in [-0.2, 0) is 0 Å². The van der Waals surface area contributed by atoms with Gasteiger partial charge in [-0.2, -0.15) is 0 Å². The summed E-state index contributed by atoms with van der Waals surface area (Å²) in [7, 11) is 0. The molecule has 0 unspecified atom stereocenters. The standard InChI is InChI=1S/C13H7BrCl2O3/c14-8-1-7(13(17)18)2-11(3-8)19-12-5-9(15)4-10(16)6-12/h1-6H,(H,17,18). The van der Waals surface area contributed by atoms with E-state index in [1.807, 2.05) is 0 Å². The molecule has 19 heavy (non-hydrogen) atoms. The molecule has 0 bridgehead atoms. The Morgan fingerprint density at radius 2 is 1.58 bits per heavy atom. The van der Waals surface area contributed by atoms with Crippen molar-refractivity contribution in [3.8, 4) is 11.5 Å². The molecule has 0 saturated carbocycles. The molecule has 0 radical (unpaired) electrons. The van der Waals surface area contributed by atoms with Gasteiger partial charge in [-0.15, -0.1) is 0 Å². The number of hydrogen-bond acceptors (Lipinski definition) is 2. The van der Waals surface area contributed by atoms with Crippen LogP contribution in [-0.4, -0.2) is 11.1 Å². The molecule has 1 N–H and O–H groups in total. The highest BCUT2D eigenvalue weighted by Gasteiger charge is 2.08. The number of carboxylic acids is 1. The van der Waals surface area contributed by atoms with Crippen molar-refractivity contribution >= 4 is 45.1 Å². The molecule has 6 heteroatoms. The first-order chi connectivity index (χ1) is 8.94. The monoisotopic (exact) mass is 360 g/mol. The summed E-state index contributed by atoms with van der Waals surface area (Å²) < 4.78 is 6.16. The van der Waals surface area contributed by atoms with Gasteiger partial charge in [0.15, 0.2) is 0 Å². The molecular weight excluding hydrogens is 355 g/mol. The van der Waals surface area contributed by atoms with E-state index in [0.717, 1.165) is 0 Å². The summed E-state index contributed by atoms with van der Waals surface area (Å²) in [5, 5.41) is 9.85. The largest absolute Gasteiger partial charge is 0.478 e. The van der Waals surface area contributed by atoms with Gasteiger partial charge in [-0.1, -0.05) is 39.1 Å². The van der Waals surface area contributed by atoms with Crippen molar-refractivity contribution < 1.29 is 14.6 Å². The smallest absolute Gasteiger partial charge is 0.335 e. The Morgan fingerprint density at radius 3 is 2.16 bits per heavy atom. The third-order valence-electron chi connectivity index (χ3n) is 2.19. The highest BCUT2D eigenvalue weighted by atomic mass is 79.9. The fourth-order valence-electron chi connectivity index (χ4n) is 1.47. The van der Waals surface area contributed by atoms with Gasteiger partial charge >= 0.3 is 5.97 Å². The van der Waals surface area contributed by atoms with Gasteiger partial charge in [-0.3, -0.25) is 0 Å². The zero-order chi connectivity index (χ0) is 14.0. The molecule has 2 aromatic carbocycles. The van der Waals surface area contributed by atoms with Crippen LogP contribution >= 0.6 is 39.1 Å². The minimum atomic E-state index is -1.03. The minimum Gasteiger partial charge on any atom is -0.478 e. The van der Waals surface area contributed by atoms with Crippen molar-refractivity contribution in [2.24, 2.45) is 0 Å². The maximum absolute atomic E-state index is 10.9. The van der Waals surface area contributed by atoms with Crippen molar-refractivity contribution in [2.75, 3.05) is 0 Å². The van der Waals surface area contributed by atoms with Gasteiger partial charge in [-0.25, -0.2) is 4.79 Å². The number of carbonyl (C=O) groups is 1. The first kappa shape index (κ1) is 14.2. The lowest BCUT2D eigenvalue weighted by Crippen LogP contribution is -1.96. The second kappa shape index (κ2) is 5.82. The molecule has 0 saturated heterocycles. The highest BCUT2D eigenvalue weighted by molar-refractivity contribution is 9.10. The highest BCUT2D eigenvalue weighted by Crippen LogP contribution is 2.30. The van der Waals surface area contributed by atoms with Crippen LogP contribution in [0.2, 0.25) is 10.0 Å². The summed E-state index contributed by atoms with van der Waals surface area (Å²) in [4.78, 5) is 10.9. The molecule has 2 aromatic rings. The van der Waals surface area contributed by atoms with Crippen LogP contribution in [0.25, 0.3) is 0 Å². The van der Waals surface area contributed by atoms with Gasteiger partial charge in [-0.05, 0) is 36.4 Å². The number of hydrogen-bond donors (Lipinski definition) is 1. The summed E-state index contributed by atoms with van der Waals surface area (Å²) in [5.41, 5.74) is 0.123. The summed E-state index contributed by atoms with van der Waals surface area (Å²) >= 11 is 15.0. The summed E-state index contributed by atoms with van der Waals surface area (Å²) in [6.07, 6.45) is 0. The average Bonchev–Trinajstić information content (AvgIpc) is 2.26. The van der Waals surface area contributed by atoms with Crippen molar-refractivity contribution in [1.29, 1.82) is 0 Å². The van der Waals surface area contributed by atoms with E-state index < -0.39 is 5.97 Å². The van der Waals surface area contributed by atoms with Gasteiger partial charge in [0.05, 0.1) is 5.56 Å². The van der Waals surface area contributed by atoms with Crippen LogP contribution in [0.1, 0.15) is 10.4 Å². The predicted octanol–water partition coefficient (Wildman–Crippen LogP) is 5.25. The molecule has 0 amide bonds. The van der Waals surface area contributed by atoms with Crippen LogP contribution in [0.3, 0.4) is 0 Å². The van der Waals surface area contributed by atoms with Crippen molar-refractivity contribution in [1.82, 2.24) is 0 Å². The molecule has 0 aliphatic carbocycles. The lowest BCUT2D eigenvalue weighted by atomic mass is 10.2. The van der Waals surface area contributed by atoms with Crippen molar-refractivity contribution in [3.05, 3.63) is 56.5 Å². The number of halogens is 3. The lowest BCUT2D eigenvalue weighted by molar-refractivity contribution is 0.0696. The normalized spacial score (nSPS) is 10.3. The Labute approximate surface area is 127 Å². The minimum absolute atomic E-state index is 0.123. The van der Waals surface area contributed by atoms with Gasteiger partial charge in [0.2, 0.25) is 0 Å². The molecule has 0 aliphatic heterocycles. The quantitative estimate of drug-likeness (QED) is 0.812. The van der Waals surface area contributed by atoms with Crippen molar-refractivity contribution in [3.63, 3.8) is 0 Å². The lowest BCUT2D eigenvalue weighted by Gasteiger charge is -2.08. The second-order valence-electron chi connectivity index (χ2n) is 3.69. The van der Waals surface area contributed by atoms with E-state index >= 15 is 0 Å². The second-order valence-corrected chi connectivity index (χ2v) is 5.48. The fourth-order valence-corrected chi connectivity index (χ4v) is 2.45. The number of benzene rings is 2. The number of carboxylic acid groups (broad SMARTS) is 1. The van der Waals surface area contributed by atoms with Crippen LogP contribution < -0.4 is 4.74 Å². The van der Waals surface area contributed by atoms with Gasteiger partial charge in [0.1, 0.15) is 11.5 Å². The fraction of sp³-hybridized carbons (Fsp3) is 0. The van der Waals surface area contributed by atoms with E-state index in [-0.39, 0.29) is 5.56 Å². The number of aromatic carboxylic acids is 1. The summed E-state index contributed by atoms with van der Waals surface area (Å²) in [6.45, 7) is 0. The average molecular weight is 362 g/mol. The Morgan fingerprint density at radius 1 is 1.00 bits per heavy atom. The van der Waals surface area contributed by atoms with E-state index in [0.29, 0.717) is 26.0 Å². The molecule has 2 rings (SSSR count). The third-order valence-corrected chi connectivity index (χ3v) is 3.08. The molecule has 0 heterocycles. The Bertz CT molecular complexity index is 624. The van der Waals surface area contributed by atoms with Crippen LogP contribution in [0.15, 0.2) is 40.9 Å². The maximum Gasteiger partial charge on any atom is 0.335 e. The molecular formula is C13H7BrCl2O3. The van der Waals surface area contributed by atoms with E-state index in [1.54, 1.807) is 24.3 Å². The Kier molecular flexibility index (Phi) is 4.34. The predicted molar refractivity (Wildman–Crippen MR) is 77.6 cm³/mol. The van der Waals surface area contributed by atoms with E-state index in [4.69, 9.17) is 33.0 Å². The van der Waals surface area contributed by atoms with Gasteiger partial charge in [0.25, 0.3) is 0 Å². The molecule has 0 aromatic heterocycles. The topological polar surface area (TPSA) is 46.5 Å². The zero-order valence-corrected chi connectivity index (χ0v) is 12.5. The van der Waals surface area contributed by atoms with Crippen molar-refractivity contribution in [2.45, 2.75) is 0 Å². The van der Waals surface area contributed by atoms with E-state index in [1.165, 1.54) is 12.1 Å². The van der Waals surface area contributed by atoms with Crippen LogP contribution in [0.4, 0.5) is 0 Å². The molecule has 0 atom stereocenters. The molecule has 0 spiro atoms. The Balaban J connectivity index is 2.35. The molecule has 0 fully saturated rings. The Hall–Kier alpha value is -1.23. The summed E-state index contributed by atoms with van der Waals surface area (Å²) in [5.74, 6) is -0.215. The number of rotatable bonds is 3. The van der Waals surface area contributed by atoms with Crippen LogP contribution in [0.5, 0.6) is 11.5 Å². The van der Waals surface area contributed by atoms with Gasteiger partial charge in [0, 0.05) is 14.5 Å². The number of ether oxygens (including phenoxy) is 1. The SMILES string of the molecule is O=C(O)c1cc(Br)cc(Oc2cc(Cl)cc(Cl)c2)c1. The van der Waals surface area contributed by atoms with Crippen LogP contribution in [0, 0.1) is 0 Å². The van der Waals surface area contributed by atoms with E-state index in [2.05, 4.69) is 15.9 Å². The third kappa shape index (κ3) is 3.86. The zero-order valence-electron chi connectivity index (χ0n) is 9.36. The summed E-state index contributed by atoms with van der Waals surface area (Å²) in [6, 6.07) is 9.33. The molecule has 98 valence electrons. The van der Waals surface area contributed by atoms with Gasteiger partial charge < -0.3 is 9.84 Å². The maximum atomic E-state index is 10.9. The first-order valence-corrected chi connectivity index (χ1v) is 6.67.